The first-order chi connectivity index (χ1) is 14.0. The van der Waals surface area contributed by atoms with Crippen molar-refractivity contribution in [3.63, 3.8) is 0 Å². The Kier molecular flexibility index (Phi) is 4.53. The number of aryl methyl sites for hydroxylation is 2. The van der Waals surface area contributed by atoms with E-state index in [4.69, 9.17) is 0 Å². The van der Waals surface area contributed by atoms with E-state index in [-0.39, 0.29) is 17.5 Å². The highest BCUT2D eigenvalue weighted by Gasteiger charge is 2.28. The molecule has 0 radical (unpaired) electrons. The predicted molar refractivity (Wildman–Crippen MR) is 113 cm³/mol. The number of H-pyrrole nitrogens is 1. The smallest absolute Gasteiger partial charge is 0.262 e. The van der Waals surface area contributed by atoms with Gasteiger partial charge in [0.25, 0.3) is 11.5 Å². The summed E-state index contributed by atoms with van der Waals surface area (Å²) in [4.78, 5) is 34.8. The van der Waals surface area contributed by atoms with Gasteiger partial charge in [0.15, 0.2) is 0 Å². The average molecular weight is 412 g/mol. The average Bonchev–Trinajstić information content (AvgIpc) is 3.31. The molecular formula is C21H25N5O2S. The van der Waals surface area contributed by atoms with Crippen LogP contribution < -0.4 is 5.56 Å². The van der Waals surface area contributed by atoms with E-state index >= 15 is 0 Å². The molecule has 1 N–H and O–H groups in total. The van der Waals surface area contributed by atoms with Gasteiger partial charge < -0.3 is 4.90 Å². The first kappa shape index (κ1) is 18.5. The molecule has 0 spiro atoms. The Morgan fingerprint density at radius 2 is 2.07 bits per heavy atom. The van der Waals surface area contributed by atoms with E-state index < -0.39 is 0 Å². The van der Waals surface area contributed by atoms with Crippen molar-refractivity contribution in [3.8, 4) is 0 Å². The number of hydrogen-bond acceptors (Lipinski definition) is 5. The van der Waals surface area contributed by atoms with Gasteiger partial charge in [0.05, 0.1) is 23.5 Å². The van der Waals surface area contributed by atoms with Crippen LogP contribution in [0.1, 0.15) is 58.7 Å². The van der Waals surface area contributed by atoms with Gasteiger partial charge in [-0.15, -0.1) is 11.3 Å². The van der Waals surface area contributed by atoms with Crippen molar-refractivity contribution in [2.24, 2.45) is 5.92 Å². The van der Waals surface area contributed by atoms with Crippen LogP contribution in [0.15, 0.2) is 17.3 Å². The van der Waals surface area contributed by atoms with E-state index in [0.717, 1.165) is 48.0 Å². The second-order valence-electron chi connectivity index (χ2n) is 8.42. The number of thiophene rings is 1. The molecule has 0 unspecified atom stereocenters. The zero-order chi connectivity index (χ0) is 20.1. The molecule has 8 heteroatoms. The lowest BCUT2D eigenvalue weighted by Gasteiger charge is -2.32. The minimum atomic E-state index is 0.0108. The number of nitrogens with one attached hydrogen (secondary N) is 1. The molecule has 7 nitrogen and oxygen atoms in total. The van der Waals surface area contributed by atoms with Crippen LogP contribution in [0.25, 0.3) is 10.2 Å². The molecule has 1 fully saturated rings. The van der Waals surface area contributed by atoms with Crippen LogP contribution >= 0.6 is 11.3 Å². The van der Waals surface area contributed by atoms with Crippen LogP contribution in [0.5, 0.6) is 0 Å². The van der Waals surface area contributed by atoms with E-state index in [1.165, 1.54) is 10.4 Å². The molecule has 0 aromatic carbocycles. The maximum Gasteiger partial charge on any atom is 0.262 e. The number of carbonyl (C=O) groups excluding carboxylic acids is 1. The van der Waals surface area contributed by atoms with Gasteiger partial charge in [0, 0.05) is 29.7 Å². The van der Waals surface area contributed by atoms with Crippen LogP contribution in [0, 0.1) is 12.8 Å². The third kappa shape index (κ3) is 3.10. The first-order valence-corrected chi connectivity index (χ1v) is 11.1. The summed E-state index contributed by atoms with van der Waals surface area (Å²) < 4.78 is 1.82. The number of aromatic nitrogens is 4. The van der Waals surface area contributed by atoms with Crippen molar-refractivity contribution < 1.29 is 4.79 Å². The van der Waals surface area contributed by atoms with Gasteiger partial charge in [-0.1, -0.05) is 6.92 Å². The lowest BCUT2D eigenvalue weighted by atomic mass is 9.89. The van der Waals surface area contributed by atoms with E-state index in [9.17, 15) is 9.59 Å². The van der Waals surface area contributed by atoms with Crippen molar-refractivity contribution in [2.75, 3.05) is 13.1 Å². The Balaban J connectivity index is 1.38. The van der Waals surface area contributed by atoms with Crippen LogP contribution in [0.4, 0.5) is 0 Å². The number of hydrogen-bond donors (Lipinski definition) is 1. The zero-order valence-electron chi connectivity index (χ0n) is 16.8. The van der Waals surface area contributed by atoms with E-state index in [2.05, 4.69) is 22.1 Å². The standard InChI is InChI=1S/C21H25N5O2S/c1-12-3-4-15-17(9-12)29-19-18(15)21(28)26(11-22-19)14-5-7-25(8-6-14)20(27)16-10-23-24-13(16)2/h10-12,14H,3-9H2,1-2H3,(H,23,24)/t12-/m0/s1. The number of piperidine rings is 1. The number of rotatable bonds is 2. The SMILES string of the molecule is Cc1[nH]ncc1C(=O)N1CCC(n2cnc3sc4c(c3c2=O)CC[C@H](C)C4)CC1. The molecule has 3 aromatic heterocycles. The summed E-state index contributed by atoms with van der Waals surface area (Å²) in [7, 11) is 0. The van der Waals surface area contributed by atoms with Gasteiger partial charge >= 0.3 is 0 Å². The van der Waals surface area contributed by atoms with Crippen LogP contribution in [0.2, 0.25) is 0 Å². The molecular weight excluding hydrogens is 386 g/mol. The third-order valence-corrected chi connectivity index (χ3v) is 7.61. The number of amides is 1. The minimum absolute atomic E-state index is 0.0108. The fraction of sp³-hybridized carbons (Fsp3) is 0.524. The summed E-state index contributed by atoms with van der Waals surface area (Å²) in [6, 6.07) is 0.0898. The normalized spacial score (nSPS) is 20.2. The van der Waals surface area contributed by atoms with Crippen molar-refractivity contribution in [1.29, 1.82) is 0 Å². The second-order valence-corrected chi connectivity index (χ2v) is 9.50. The summed E-state index contributed by atoms with van der Waals surface area (Å²) >= 11 is 1.69. The summed E-state index contributed by atoms with van der Waals surface area (Å²) in [6.07, 6.45) is 8.02. The molecule has 1 saturated heterocycles. The number of fused-ring (bicyclic) bond motifs is 3. The fourth-order valence-corrected chi connectivity index (χ4v) is 6.03. The quantitative estimate of drug-likeness (QED) is 0.702. The maximum absolute atomic E-state index is 13.3. The van der Waals surface area contributed by atoms with Crippen molar-refractivity contribution in [2.45, 2.75) is 52.0 Å². The van der Waals surface area contributed by atoms with Crippen molar-refractivity contribution in [3.05, 3.63) is 44.6 Å². The Morgan fingerprint density at radius 3 is 2.79 bits per heavy atom. The largest absolute Gasteiger partial charge is 0.338 e. The molecule has 0 saturated carbocycles. The lowest BCUT2D eigenvalue weighted by Crippen LogP contribution is -2.41. The monoisotopic (exact) mass is 411 g/mol. The van der Waals surface area contributed by atoms with Crippen LogP contribution in [0.3, 0.4) is 0 Å². The van der Waals surface area contributed by atoms with Gasteiger partial charge in [0.2, 0.25) is 0 Å². The van der Waals surface area contributed by atoms with E-state index in [0.29, 0.717) is 24.6 Å². The number of carbonyl (C=O) groups is 1. The molecule has 1 atom stereocenters. The van der Waals surface area contributed by atoms with Gasteiger partial charge in [-0.2, -0.15) is 5.10 Å². The molecule has 0 bridgehead atoms. The second kappa shape index (κ2) is 7.09. The number of likely N-dealkylation sites (tertiary alicyclic amines) is 1. The molecule has 1 aliphatic heterocycles. The lowest BCUT2D eigenvalue weighted by molar-refractivity contribution is 0.0692. The number of nitrogens with zero attached hydrogens (tertiary/aromatic N) is 4. The molecule has 152 valence electrons. The van der Waals surface area contributed by atoms with Gasteiger partial charge in [0.1, 0.15) is 4.83 Å². The third-order valence-electron chi connectivity index (χ3n) is 6.45. The Bertz CT molecular complexity index is 1140. The Morgan fingerprint density at radius 1 is 1.28 bits per heavy atom. The molecule has 4 heterocycles. The van der Waals surface area contributed by atoms with E-state index in [1.807, 2.05) is 16.4 Å². The Labute approximate surface area is 172 Å². The van der Waals surface area contributed by atoms with Crippen molar-refractivity contribution >= 4 is 27.5 Å². The molecule has 3 aromatic rings. The van der Waals surface area contributed by atoms with Crippen LogP contribution in [-0.2, 0) is 12.8 Å². The summed E-state index contributed by atoms with van der Waals surface area (Å²) in [5.41, 5.74) is 2.75. The van der Waals surface area contributed by atoms with Crippen molar-refractivity contribution in [1.82, 2.24) is 24.6 Å². The predicted octanol–water partition coefficient (Wildman–Crippen LogP) is 3.09. The molecule has 1 amide bonds. The molecule has 2 aliphatic rings. The summed E-state index contributed by atoms with van der Waals surface area (Å²) in [5.74, 6) is 0.690. The zero-order valence-corrected chi connectivity index (χ0v) is 17.6. The van der Waals surface area contributed by atoms with Crippen LogP contribution in [-0.4, -0.2) is 43.6 Å². The van der Waals surface area contributed by atoms with Gasteiger partial charge in [-0.25, -0.2) is 4.98 Å². The molecule has 1 aliphatic carbocycles. The van der Waals surface area contributed by atoms with E-state index in [1.54, 1.807) is 23.9 Å². The molecule has 5 rings (SSSR count). The topological polar surface area (TPSA) is 83.9 Å². The fourth-order valence-electron chi connectivity index (χ4n) is 4.69. The van der Waals surface area contributed by atoms with Gasteiger partial charge in [-0.3, -0.25) is 19.3 Å². The highest BCUT2D eigenvalue weighted by molar-refractivity contribution is 7.18. The molecule has 29 heavy (non-hydrogen) atoms. The first-order valence-electron chi connectivity index (χ1n) is 10.3. The summed E-state index contributed by atoms with van der Waals surface area (Å²) in [6.45, 7) is 5.41. The summed E-state index contributed by atoms with van der Waals surface area (Å²) in [5, 5.41) is 7.61. The highest BCUT2D eigenvalue weighted by atomic mass is 32.1. The minimum Gasteiger partial charge on any atom is -0.338 e. The highest BCUT2D eigenvalue weighted by Crippen LogP contribution is 2.36. The van der Waals surface area contributed by atoms with Gasteiger partial charge in [-0.05, 0) is 50.5 Å². The maximum atomic E-state index is 13.3. The Hall–Kier alpha value is -2.48. The number of aromatic amines is 1.